The number of ether oxygens (including phenoxy) is 1. The second-order valence-corrected chi connectivity index (χ2v) is 6.03. The van der Waals surface area contributed by atoms with Crippen molar-refractivity contribution in [1.29, 1.82) is 0 Å². The zero-order valence-electron chi connectivity index (χ0n) is 13.1. The number of nitrogens with one attached hydrogen (secondary N) is 2. The van der Waals surface area contributed by atoms with Gasteiger partial charge in [0, 0.05) is 6.20 Å². The predicted molar refractivity (Wildman–Crippen MR) is 92.5 cm³/mol. The van der Waals surface area contributed by atoms with E-state index in [9.17, 15) is 14.7 Å². The highest BCUT2D eigenvalue weighted by molar-refractivity contribution is 7.98. The maximum atomic E-state index is 12.5. The molecule has 1 atom stereocenters. The van der Waals surface area contributed by atoms with Gasteiger partial charge in [0.25, 0.3) is 5.91 Å². The van der Waals surface area contributed by atoms with Gasteiger partial charge in [0.2, 0.25) is 5.43 Å². The van der Waals surface area contributed by atoms with Crippen LogP contribution in [0.3, 0.4) is 0 Å². The van der Waals surface area contributed by atoms with Gasteiger partial charge in [-0.25, -0.2) is 0 Å². The molecule has 3 N–H and O–H groups in total. The van der Waals surface area contributed by atoms with Crippen LogP contribution in [-0.2, 0) is 0 Å². The number of rotatable bonds is 7. The standard InChI is InChI=1S/C16H20N2O4S/c1-22-13-5-3-4-11-14(13)17-8-12(15(11)20)16(21)18-10(9-19)6-7-23-2/h3-5,8,10,19H,6-7,9H2,1-2H3,(H,17,20)(H,18,21). The number of aliphatic hydroxyl groups excluding tert-OH is 1. The summed E-state index contributed by atoms with van der Waals surface area (Å²) in [5.41, 5.74) is 0.211. The molecule has 0 aliphatic rings. The molecule has 0 saturated carbocycles. The van der Waals surface area contributed by atoms with E-state index in [-0.39, 0.29) is 23.6 Å². The molecule has 1 amide bonds. The summed E-state index contributed by atoms with van der Waals surface area (Å²) in [5, 5.41) is 12.4. The molecule has 1 heterocycles. The summed E-state index contributed by atoms with van der Waals surface area (Å²) in [6.45, 7) is -0.161. The van der Waals surface area contributed by atoms with E-state index in [1.54, 1.807) is 30.0 Å². The summed E-state index contributed by atoms with van der Waals surface area (Å²) in [5.74, 6) is 0.868. The van der Waals surface area contributed by atoms with Crippen molar-refractivity contribution in [2.24, 2.45) is 0 Å². The summed E-state index contributed by atoms with van der Waals surface area (Å²) in [6, 6.07) is 4.72. The summed E-state index contributed by atoms with van der Waals surface area (Å²) in [6.07, 6.45) is 3.98. The lowest BCUT2D eigenvalue weighted by atomic mass is 10.1. The lowest BCUT2D eigenvalue weighted by Crippen LogP contribution is -2.39. The van der Waals surface area contributed by atoms with Crippen molar-refractivity contribution in [3.05, 3.63) is 40.2 Å². The molecular formula is C16H20N2O4S. The van der Waals surface area contributed by atoms with Gasteiger partial charge in [0.05, 0.1) is 30.7 Å². The highest BCUT2D eigenvalue weighted by Gasteiger charge is 2.17. The first-order valence-corrected chi connectivity index (χ1v) is 8.60. The molecule has 2 rings (SSSR count). The molecule has 0 bridgehead atoms. The summed E-state index contributed by atoms with van der Waals surface area (Å²) >= 11 is 1.63. The maximum absolute atomic E-state index is 12.5. The zero-order valence-corrected chi connectivity index (χ0v) is 13.9. The van der Waals surface area contributed by atoms with Crippen molar-refractivity contribution < 1.29 is 14.6 Å². The Labute approximate surface area is 138 Å². The molecule has 0 aliphatic heterocycles. The molecule has 1 aromatic carbocycles. The number of hydrogen-bond acceptors (Lipinski definition) is 5. The smallest absolute Gasteiger partial charge is 0.257 e. The molecule has 7 heteroatoms. The molecule has 2 aromatic rings. The quantitative estimate of drug-likeness (QED) is 0.710. The zero-order chi connectivity index (χ0) is 16.8. The molecule has 124 valence electrons. The molecule has 0 saturated heterocycles. The first kappa shape index (κ1) is 17.4. The van der Waals surface area contributed by atoms with Crippen LogP contribution in [0.25, 0.3) is 10.9 Å². The number of fused-ring (bicyclic) bond motifs is 1. The number of hydrogen-bond donors (Lipinski definition) is 3. The number of amides is 1. The van der Waals surface area contributed by atoms with Crippen molar-refractivity contribution in [2.75, 3.05) is 25.7 Å². The first-order valence-electron chi connectivity index (χ1n) is 7.21. The molecule has 0 spiro atoms. The number of carbonyl (C=O) groups is 1. The Morgan fingerprint density at radius 3 is 2.91 bits per heavy atom. The van der Waals surface area contributed by atoms with E-state index in [0.717, 1.165) is 5.75 Å². The Morgan fingerprint density at radius 1 is 1.48 bits per heavy atom. The molecule has 23 heavy (non-hydrogen) atoms. The molecule has 0 fully saturated rings. The first-order chi connectivity index (χ1) is 11.1. The number of pyridine rings is 1. The van der Waals surface area contributed by atoms with Crippen LogP contribution >= 0.6 is 11.8 Å². The van der Waals surface area contributed by atoms with E-state index in [4.69, 9.17) is 4.74 Å². The summed E-state index contributed by atoms with van der Waals surface area (Å²) in [7, 11) is 1.52. The minimum absolute atomic E-state index is 0.0216. The number of para-hydroxylation sites is 1. The van der Waals surface area contributed by atoms with Crippen molar-refractivity contribution in [2.45, 2.75) is 12.5 Å². The van der Waals surface area contributed by atoms with Crippen LogP contribution in [0, 0.1) is 0 Å². The van der Waals surface area contributed by atoms with E-state index in [0.29, 0.717) is 23.1 Å². The van der Waals surface area contributed by atoms with Crippen molar-refractivity contribution in [3.8, 4) is 5.75 Å². The molecule has 1 unspecified atom stereocenters. The second-order valence-electron chi connectivity index (χ2n) is 5.05. The number of carbonyl (C=O) groups excluding carboxylic acids is 1. The lowest BCUT2D eigenvalue weighted by Gasteiger charge is -2.15. The Morgan fingerprint density at radius 2 is 2.26 bits per heavy atom. The number of thioether (sulfide) groups is 1. The average Bonchev–Trinajstić information content (AvgIpc) is 2.58. The van der Waals surface area contributed by atoms with E-state index in [1.165, 1.54) is 13.3 Å². The molecule has 6 nitrogen and oxygen atoms in total. The minimum atomic E-state index is -0.490. The second kappa shape index (κ2) is 8.03. The van der Waals surface area contributed by atoms with Gasteiger partial charge in [-0.1, -0.05) is 6.07 Å². The van der Waals surface area contributed by atoms with E-state index in [1.807, 2.05) is 6.26 Å². The third kappa shape index (κ3) is 3.86. The number of benzene rings is 1. The fraction of sp³-hybridized carbons (Fsp3) is 0.375. The predicted octanol–water partition coefficient (Wildman–Crippen LogP) is 1.38. The van der Waals surface area contributed by atoms with E-state index < -0.39 is 5.91 Å². The van der Waals surface area contributed by atoms with E-state index >= 15 is 0 Å². The van der Waals surface area contributed by atoms with Crippen molar-refractivity contribution >= 4 is 28.6 Å². The monoisotopic (exact) mass is 336 g/mol. The number of aromatic amines is 1. The van der Waals surface area contributed by atoms with Crippen molar-refractivity contribution in [1.82, 2.24) is 10.3 Å². The maximum Gasteiger partial charge on any atom is 0.257 e. The summed E-state index contributed by atoms with van der Waals surface area (Å²) < 4.78 is 5.20. The highest BCUT2D eigenvalue weighted by Crippen LogP contribution is 2.20. The number of H-pyrrole nitrogens is 1. The van der Waals surface area contributed by atoms with Gasteiger partial charge >= 0.3 is 0 Å². The van der Waals surface area contributed by atoms with Crippen LogP contribution in [0.15, 0.2) is 29.2 Å². The van der Waals surface area contributed by atoms with Gasteiger partial charge in [0.15, 0.2) is 0 Å². The Hall–Kier alpha value is -1.99. The molecule has 0 radical (unpaired) electrons. The van der Waals surface area contributed by atoms with Gasteiger partial charge < -0.3 is 20.1 Å². The SMILES string of the molecule is COc1cccc2c(=O)c(C(=O)NC(CO)CCSC)c[nH]c12. The number of aromatic nitrogens is 1. The topological polar surface area (TPSA) is 91.4 Å². The Kier molecular flexibility index (Phi) is 6.06. The van der Waals surface area contributed by atoms with Crippen LogP contribution in [0.1, 0.15) is 16.8 Å². The van der Waals surface area contributed by atoms with Crippen molar-refractivity contribution in [3.63, 3.8) is 0 Å². The Balaban J connectivity index is 2.31. The summed E-state index contributed by atoms with van der Waals surface area (Å²) in [4.78, 5) is 27.8. The van der Waals surface area contributed by atoms with Crippen LogP contribution in [0.5, 0.6) is 5.75 Å². The molecular weight excluding hydrogens is 316 g/mol. The van der Waals surface area contributed by atoms with Gasteiger partial charge in [-0.2, -0.15) is 11.8 Å². The third-order valence-corrected chi connectivity index (χ3v) is 4.21. The number of methoxy groups -OCH3 is 1. The average molecular weight is 336 g/mol. The van der Waals surface area contributed by atoms with Gasteiger partial charge in [-0.15, -0.1) is 0 Å². The van der Waals surface area contributed by atoms with E-state index in [2.05, 4.69) is 10.3 Å². The number of aliphatic hydroxyl groups is 1. The molecule has 1 aromatic heterocycles. The molecule has 0 aliphatic carbocycles. The van der Waals surface area contributed by atoms with Crippen LogP contribution < -0.4 is 15.5 Å². The fourth-order valence-corrected chi connectivity index (χ4v) is 2.82. The largest absolute Gasteiger partial charge is 0.495 e. The minimum Gasteiger partial charge on any atom is -0.495 e. The van der Waals surface area contributed by atoms with Crippen LogP contribution in [-0.4, -0.2) is 47.8 Å². The van der Waals surface area contributed by atoms with Crippen LogP contribution in [0.2, 0.25) is 0 Å². The lowest BCUT2D eigenvalue weighted by molar-refractivity contribution is 0.0914. The van der Waals surface area contributed by atoms with Gasteiger partial charge in [-0.05, 0) is 30.6 Å². The fourth-order valence-electron chi connectivity index (χ4n) is 2.30. The van der Waals surface area contributed by atoms with Gasteiger partial charge in [0.1, 0.15) is 11.3 Å². The normalized spacial score (nSPS) is 12.1. The van der Waals surface area contributed by atoms with Crippen LogP contribution in [0.4, 0.5) is 0 Å². The van der Waals surface area contributed by atoms with Gasteiger partial charge in [-0.3, -0.25) is 9.59 Å². The third-order valence-electron chi connectivity index (χ3n) is 3.57. The Bertz CT molecular complexity index is 744. The highest BCUT2D eigenvalue weighted by atomic mass is 32.2.